The minimum absolute atomic E-state index is 0.171. The smallest absolute Gasteiger partial charge is 0.223 e. The van der Waals surface area contributed by atoms with Gasteiger partial charge in [-0.2, -0.15) is 0 Å². The molecule has 0 aliphatic rings. The van der Waals surface area contributed by atoms with E-state index < -0.39 is 5.82 Å². The fraction of sp³-hybridized carbons (Fsp3) is 0.0625. The Morgan fingerprint density at radius 3 is 2.75 bits per heavy atom. The summed E-state index contributed by atoms with van der Waals surface area (Å²) in [6.07, 6.45) is 1.12. The van der Waals surface area contributed by atoms with E-state index in [1.165, 1.54) is 6.07 Å². The normalized spacial score (nSPS) is 10.7. The van der Waals surface area contributed by atoms with Gasteiger partial charge in [-0.25, -0.2) is 9.37 Å². The van der Waals surface area contributed by atoms with Gasteiger partial charge in [0, 0.05) is 17.5 Å². The van der Waals surface area contributed by atoms with Gasteiger partial charge in [-0.15, -0.1) is 0 Å². The number of pyridine rings is 1. The van der Waals surface area contributed by atoms with Gasteiger partial charge in [0.05, 0.1) is 6.20 Å². The second kappa shape index (κ2) is 5.27. The van der Waals surface area contributed by atoms with Gasteiger partial charge < -0.3 is 10.5 Å². The minimum atomic E-state index is -0.421. The molecule has 1 aromatic heterocycles. The molecular weight excluding hydrogens is 255 g/mol. The van der Waals surface area contributed by atoms with Crippen molar-refractivity contribution >= 4 is 10.8 Å². The molecule has 0 amide bonds. The lowest BCUT2D eigenvalue weighted by atomic mass is 10.1. The molecule has 0 saturated carbocycles. The Morgan fingerprint density at radius 2 is 1.90 bits per heavy atom. The maximum Gasteiger partial charge on any atom is 0.223 e. The third-order valence-electron chi connectivity index (χ3n) is 3.07. The van der Waals surface area contributed by atoms with Crippen LogP contribution in [-0.2, 0) is 6.54 Å². The molecule has 4 heteroatoms. The van der Waals surface area contributed by atoms with Crippen molar-refractivity contribution in [3.8, 4) is 11.6 Å². The highest BCUT2D eigenvalue weighted by Gasteiger charge is 2.09. The predicted octanol–water partition coefficient (Wildman–Crippen LogP) is 3.62. The molecule has 20 heavy (non-hydrogen) atoms. The molecular formula is C16H13FN2O. The molecule has 0 fully saturated rings. The van der Waals surface area contributed by atoms with E-state index in [0.29, 0.717) is 17.2 Å². The Labute approximate surface area is 115 Å². The zero-order valence-electron chi connectivity index (χ0n) is 10.7. The standard InChI is InChI=1S/C16H13FN2O/c17-13-8-12(9-18)16(19-10-13)20-15-7-3-5-11-4-1-2-6-14(11)15/h1-8,10H,9,18H2. The first-order valence-corrected chi connectivity index (χ1v) is 6.28. The fourth-order valence-electron chi connectivity index (χ4n) is 2.10. The molecule has 0 saturated heterocycles. The lowest BCUT2D eigenvalue weighted by molar-refractivity contribution is 0.457. The number of ether oxygens (including phenoxy) is 1. The molecule has 0 spiro atoms. The van der Waals surface area contributed by atoms with Gasteiger partial charge in [-0.3, -0.25) is 0 Å². The highest BCUT2D eigenvalue weighted by Crippen LogP contribution is 2.30. The first-order valence-electron chi connectivity index (χ1n) is 6.28. The highest BCUT2D eigenvalue weighted by atomic mass is 19.1. The Kier molecular flexibility index (Phi) is 3.31. The second-order valence-electron chi connectivity index (χ2n) is 4.40. The number of hydrogen-bond acceptors (Lipinski definition) is 3. The van der Waals surface area contributed by atoms with Crippen molar-refractivity contribution in [3.63, 3.8) is 0 Å². The highest BCUT2D eigenvalue weighted by molar-refractivity contribution is 5.88. The third-order valence-corrected chi connectivity index (χ3v) is 3.07. The molecule has 1 heterocycles. The third kappa shape index (κ3) is 2.33. The number of nitrogens with zero attached hydrogens (tertiary/aromatic N) is 1. The fourth-order valence-corrected chi connectivity index (χ4v) is 2.10. The maximum absolute atomic E-state index is 13.2. The molecule has 2 aromatic carbocycles. The van der Waals surface area contributed by atoms with Gasteiger partial charge in [0.15, 0.2) is 0 Å². The average Bonchev–Trinajstić information content (AvgIpc) is 2.49. The molecule has 0 aliphatic carbocycles. The van der Waals surface area contributed by atoms with E-state index in [0.717, 1.165) is 17.0 Å². The van der Waals surface area contributed by atoms with Crippen LogP contribution in [0.2, 0.25) is 0 Å². The summed E-state index contributed by atoms with van der Waals surface area (Å²) in [5.74, 6) is 0.595. The van der Waals surface area contributed by atoms with Crippen LogP contribution >= 0.6 is 0 Å². The Bertz CT molecular complexity index is 753. The molecule has 0 aliphatic heterocycles. The van der Waals surface area contributed by atoms with Crippen molar-refractivity contribution in [1.29, 1.82) is 0 Å². The number of aromatic nitrogens is 1. The van der Waals surface area contributed by atoms with E-state index in [9.17, 15) is 4.39 Å². The van der Waals surface area contributed by atoms with Crippen molar-refractivity contribution in [2.24, 2.45) is 5.73 Å². The average molecular weight is 268 g/mol. The topological polar surface area (TPSA) is 48.1 Å². The first kappa shape index (κ1) is 12.6. The van der Waals surface area contributed by atoms with E-state index >= 15 is 0 Å². The van der Waals surface area contributed by atoms with Crippen molar-refractivity contribution in [3.05, 3.63) is 66.1 Å². The summed E-state index contributed by atoms with van der Waals surface area (Å²) in [4.78, 5) is 3.97. The van der Waals surface area contributed by atoms with Gasteiger partial charge in [-0.05, 0) is 17.5 Å². The van der Waals surface area contributed by atoms with Crippen LogP contribution in [0.1, 0.15) is 5.56 Å². The summed E-state index contributed by atoms with van der Waals surface area (Å²) in [7, 11) is 0. The molecule has 0 unspecified atom stereocenters. The molecule has 0 radical (unpaired) electrons. The monoisotopic (exact) mass is 268 g/mol. The van der Waals surface area contributed by atoms with Crippen molar-refractivity contribution in [2.45, 2.75) is 6.54 Å². The Morgan fingerprint density at radius 1 is 1.10 bits per heavy atom. The van der Waals surface area contributed by atoms with Crippen LogP contribution in [-0.4, -0.2) is 4.98 Å². The van der Waals surface area contributed by atoms with Crippen molar-refractivity contribution in [2.75, 3.05) is 0 Å². The largest absolute Gasteiger partial charge is 0.438 e. The van der Waals surface area contributed by atoms with Crippen LogP contribution in [0.4, 0.5) is 4.39 Å². The minimum Gasteiger partial charge on any atom is -0.438 e. The summed E-state index contributed by atoms with van der Waals surface area (Å²) in [5.41, 5.74) is 6.14. The van der Waals surface area contributed by atoms with Gasteiger partial charge in [-0.1, -0.05) is 36.4 Å². The molecule has 3 rings (SSSR count). The quantitative estimate of drug-likeness (QED) is 0.789. The zero-order chi connectivity index (χ0) is 13.9. The van der Waals surface area contributed by atoms with Crippen molar-refractivity contribution in [1.82, 2.24) is 4.98 Å². The van der Waals surface area contributed by atoms with Crippen LogP contribution in [0, 0.1) is 5.82 Å². The zero-order valence-corrected chi connectivity index (χ0v) is 10.7. The van der Waals surface area contributed by atoms with E-state index in [1.807, 2.05) is 42.5 Å². The van der Waals surface area contributed by atoms with Crippen LogP contribution in [0.25, 0.3) is 10.8 Å². The number of nitrogens with two attached hydrogens (primary N) is 1. The van der Waals surface area contributed by atoms with Gasteiger partial charge in [0.2, 0.25) is 5.88 Å². The number of fused-ring (bicyclic) bond motifs is 1. The molecule has 0 bridgehead atoms. The SMILES string of the molecule is NCc1cc(F)cnc1Oc1cccc2ccccc12. The summed E-state index contributed by atoms with van der Waals surface area (Å²) < 4.78 is 19.0. The Balaban J connectivity index is 2.05. The lowest BCUT2D eigenvalue weighted by Gasteiger charge is -2.11. The van der Waals surface area contributed by atoms with Crippen LogP contribution in [0.15, 0.2) is 54.7 Å². The Hall–Kier alpha value is -2.46. The summed E-state index contributed by atoms with van der Waals surface area (Å²) in [6.45, 7) is 0.171. The van der Waals surface area contributed by atoms with E-state index in [-0.39, 0.29) is 6.54 Å². The van der Waals surface area contributed by atoms with E-state index in [4.69, 9.17) is 10.5 Å². The number of hydrogen-bond donors (Lipinski definition) is 1. The molecule has 3 aromatic rings. The van der Waals surface area contributed by atoms with Gasteiger partial charge >= 0.3 is 0 Å². The second-order valence-corrected chi connectivity index (χ2v) is 4.40. The van der Waals surface area contributed by atoms with E-state index in [1.54, 1.807) is 0 Å². The summed E-state index contributed by atoms with van der Waals surface area (Å²) in [6, 6.07) is 15.0. The van der Waals surface area contributed by atoms with Crippen LogP contribution < -0.4 is 10.5 Å². The van der Waals surface area contributed by atoms with Gasteiger partial charge in [0.1, 0.15) is 11.6 Å². The molecule has 2 N–H and O–H groups in total. The number of benzene rings is 2. The van der Waals surface area contributed by atoms with Crippen LogP contribution in [0.5, 0.6) is 11.6 Å². The summed E-state index contributed by atoms with van der Waals surface area (Å²) in [5, 5.41) is 2.05. The predicted molar refractivity (Wildman–Crippen MR) is 76.1 cm³/mol. The van der Waals surface area contributed by atoms with Crippen LogP contribution in [0.3, 0.4) is 0 Å². The van der Waals surface area contributed by atoms with Gasteiger partial charge in [0.25, 0.3) is 0 Å². The number of halogens is 1. The van der Waals surface area contributed by atoms with Crippen molar-refractivity contribution < 1.29 is 9.13 Å². The molecule has 100 valence electrons. The van der Waals surface area contributed by atoms with E-state index in [2.05, 4.69) is 4.98 Å². The molecule has 3 nitrogen and oxygen atoms in total. The maximum atomic E-state index is 13.2. The number of rotatable bonds is 3. The summed E-state index contributed by atoms with van der Waals surface area (Å²) >= 11 is 0. The lowest BCUT2D eigenvalue weighted by Crippen LogP contribution is -2.02. The molecule has 0 atom stereocenters. The first-order chi connectivity index (χ1) is 9.78.